The van der Waals surface area contributed by atoms with Crippen LogP contribution in [-0.2, 0) is 9.59 Å². The first kappa shape index (κ1) is 14.6. The maximum absolute atomic E-state index is 11.8. The molecule has 0 spiro atoms. The van der Waals surface area contributed by atoms with E-state index >= 15 is 0 Å². The molecule has 2 amide bonds. The van der Waals surface area contributed by atoms with Crippen molar-refractivity contribution in [1.29, 1.82) is 0 Å². The summed E-state index contributed by atoms with van der Waals surface area (Å²) in [5.74, 6) is -1.50. The van der Waals surface area contributed by atoms with Crippen LogP contribution in [0.1, 0.15) is 11.1 Å². The fourth-order valence-corrected chi connectivity index (χ4v) is 1.80. The molecule has 108 valence electrons. The molecule has 0 saturated heterocycles. The zero-order valence-corrected chi connectivity index (χ0v) is 11.9. The molecule has 5 nitrogen and oxygen atoms in total. The molecule has 0 unspecified atom stereocenters. The van der Waals surface area contributed by atoms with Crippen LogP contribution in [0.2, 0.25) is 0 Å². The Hall–Kier alpha value is -2.82. The van der Waals surface area contributed by atoms with Gasteiger partial charge in [-0.05, 0) is 43.7 Å². The molecular weight excluding hydrogens is 266 g/mol. The molecule has 0 saturated carbocycles. The van der Waals surface area contributed by atoms with Crippen LogP contribution in [0.15, 0.2) is 42.5 Å². The molecular formula is C16H17N3O2. The molecule has 0 aliphatic heterocycles. The molecule has 4 N–H and O–H groups in total. The van der Waals surface area contributed by atoms with Crippen LogP contribution in [0, 0.1) is 13.8 Å². The van der Waals surface area contributed by atoms with E-state index in [-0.39, 0.29) is 0 Å². The second-order valence-corrected chi connectivity index (χ2v) is 4.86. The van der Waals surface area contributed by atoms with Gasteiger partial charge in [-0.15, -0.1) is 0 Å². The van der Waals surface area contributed by atoms with Crippen molar-refractivity contribution in [3.05, 3.63) is 53.6 Å². The van der Waals surface area contributed by atoms with Gasteiger partial charge in [-0.1, -0.05) is 23.8 Å². The van der Waals surface area contributed by atoms with Gasteiger partial charge in [0.1, 0.15) is 0 Å². The summed E-state index contributed by atoms with van der Waals surface area (Å²) in [6, 6.07) is 12.4. The molecule has 2 rings (SSSR count). The van der Waals surface area contributed by atoms with Crippen LogP contribution >= 0.6 is 0 Å². The maximum atomic E-state index is 11.8. The Morgan fingerprint density at radius 3 is 2.05 bits per heavy atom. The van der Waals surface area contributed by atoms with Crippen molar-refractivity contribution in [2.75, 3.05) is 16.4 Å². The number of carbonyl (C=O) groups excluding carboxylic acids is 2. The molecule has 2 aromatic rings. The molecule has 0 aliphatic carbocycles. The lowest BCUT2D eigenvalue weighted by Gasteiger charge is -2.09. The Bertz CT molecular complexity index is 678. The van der Waals surface area contributed by atoms with Crippen LogP contribution in [0.5, 0.6) is 0 Å². The van der Waals surface area contributed by atoms with Gasteiger partial charge in [-0.25, -0.2) is 0 Å². The molecule has 5 heteroatoms. The molecule has 0 aromatic heterocycles. The van der Waals surface area contributed by atoms with E-state index in [0.29, 0.717) is 17.1 Å². The summed E-state index contributed by atoms with van der Waals surface area (Å²) in [7, 11) is 0. The first-order chi connectivity index (χ1) is 9.95. The first-order valence-electron chi connectivity index (χ1n) is 6.51. The van der Waals surface area contributed by atoms with Gasteiger partial charge < -0.3 is 16.4 Å². The number of nitrogens with two attached hydrogens (primary N) is 1. The quantitative estimate of drug-likeness (QED) is 0.584. The molecule has 0 aliphatic rings. The summed E-state index contributed by atoms with van der Waals surface area (Å²) < 4.78 is 0. The lowest BCUT2D eigenvalue weighted by Crippen LogP contribution is -2.29. The Labute approximate surface area is 123 Å². The van der Waals surface area contributed by atoms with Gasteiger partial charge >= 0.3 is 11.8 Å². The monoisotopic (exact) mass is 283 g/mol. The van der Waals surface area contributed by atoms with Crippen molar-refractivity contribution in [3.63, 3.8) is 0 Å². The largest absolute Gasteiger partial charge is 0.397 e. The Balaban J connectivity index is 2.02. The number of benzene rings is 2. The van der Waals surface area contributed by atoms with Gasteiger partial charge in [-0.2, -0.15) is 0 Å². The minimum atomic E-state index is -0.758. The highest BCUT2D eigenvalue weighted by molar-refractivity contribution is 6.43. The standard InChI is InChI=1S/C16H17N3O2/c1-10-3-6-12(7-4-10)18-15(20)16(21)19-14-8-5-11(2)9-13(14)17/h3-9H,17H2,1-2H3,(H,18,20)(H,19,21). The lowest BCUT2D eigenvalue weighted by molar-refractivity contribution is -0.132. The third-order valence-electron chi connectivity index (χ3n) is 2.97. The molecule has 2 aromatic carbocycles. The average Bonchev–Trinajstić information content (AvgIpc) is 2.44. The van der Waals surface area contributed by atoms with Gasteiger partial charge in [0.2, 0.25) is 0 Å². The minimum Gasteiger partial charge on any atom is -0.397 e. The number of nitrogens with one attached hydrogen (secondary N) is 2. The Kier molecular flexibility index (Phi) is 4.23. The summed E-state index contributed by atoms with van der Waals surface area (Å²) >= 11 is 0. The van der Waals surface area contributed by atoms with Crippen LogP contribution in [0.3, 0.4) is 0 Å². The van der Waals surface area contributed by atoms with Crippen molar-refractivity contribution in [3.8, 4) is 0 Å². The van der Waals surface area contributed by atoms with E-state index in [1.54, 1.807) is 24.3 Å². The highest BCUT2D eigenvalue weighted by Gasteiger charge is 2.15. The number of hydrogen-bond acceptors (Lipinski definition) is 3. The SMILES string of the molecule is Cc1ccc(NC(=O)C(=O)Nc2ccc(C)cc2N)cc1. The normalized spacial score (nSPS) is 10.0. The highest BCUT2D eigenvalue weighted by Crippen LogP contribution is 2.19. The number of aryl methyl sites for hydroxylation is 2. The van der Waals surface area contributed by atoms with E-state index in [0.717, 1.165) is 11.1 Å². The summed E-state index contributed by atoms with van der Waals surface area (Å²) in [4.78, 5) is 23.7. The predicted molar refractivity (Wildman–Crippen MR) is 84.0 cm³/mol. The molecule has 21 heavy (non-hydrogen) atoms. The number of anilines is 3. The topological polar surface area (TPSA) is 84.2 Å². The summed E-state index contributed by atoms with van der Waals surface area (Å²) in [5.41, 5.74) is 9.26. The van der Waals surface area contributed by atoms with Gasteiger partial charge in [-0.3, -0.25) is 9.59 Å². The number of rotatable bonds is 2. The second kappa shape index (κ2) is 6.09. The number of nitrogen functional groups attached to an aromatic ring is 1. The van der Waals surface area contributed by atoms with E-state index in [9.17, 15) is 9.59 Å². The van der Waals surface area contributed by atoms with Gasteiger partial charge in [0.25, 0.3) is 0 Å². The highest BCUT2D eigenvalue weighted by atomic mass is 16.2. The van der Waals surface area contributed by atoms with Crippen LogP contribution in [-0.4, -0.2) is 11.8 Å². The van der Waals surface area contributed by atoms with Crippen molar-refractivity contribution < 1.29 is 9.59 Å². The smallest absolute Gasteiger partial charge is 0.314 e. The molecule has 0 radical (unpaired) electrons. The number of amides is 2. The minimum absolute atomic E-state index is 0.421. The lowest BCUT2D eigenvalue weighted by atomic mass is 10.2. The van der Waals surface area contributed by atoms with E-state index in [4.69, 9.17) is 5.73 Å². The summed E-state index contributed by atoms with van der Waals surface area (Å²) in [6.45, 7) is 3.84. The van der Waals surface area contributed by atoms with Crippen molar-refractivity contribution in [1.82, 2.24) is 0 Å². The zero-order valence-electron chi connectivity index (χ0n) is 11.9. The predicted octanol–water partition coefficient (Wildman–Crippen LogP) is 2.46. The van der Waals surface area contributed by atoms with Gasteiger partial charge in [0.05, 0.1) is 11.4 Å². The van der Waals surface area contributed by atoms with Crippen molar-refractivity contribution in [2.45, 2.75) is 13.8 Å². The molecule has 0 atom stereocenters. The fraction of sp³-hybridized carbons (Fsp3) is 0.125. The summed E-state index contributed by atoms with van der Waals surface area (Å²) in [5, 5.41) is 5.02. The van der Waals surface area contributed by atoms with Crippen LogP contribution in [0.4, 0.5) is 17.1 Å². The molecule has 0 fully saturated rings. The molecule has 0 heterocycles. The molecule has 0 bridgehead atoms. The van der Waals surface area contributed by atoms with Crippen molar-refractivity contribution in [2.24, 2.45) is 0 Å². The third-order valence-corrected chi connectivity index (χ3v) is 2.97. The average molecular weight is 283 g/mol. The van der Waals surface area contributed by atoms with Crippen LogP contribution in [0.25, 0.3) is 0 Å². The van der Waals surface area contributed by atoms with E-state index in [1.807, 2.05) is 32.0 Å². The summed E-state index contributed by atoms with van der Waals surface area (Å²) in [6.07, 6.45) is 0. The van der Waals surface area contributed by atoms with Crippen molar-refractivity contribution >= 4 is 28.9 Å². The third kappa shape index (κ3) is 3.82. The van der Waals surface area contributed by atoms with E-state index < -0.39 is 11.8 Å². The number of hydrogen-bond donors (Lipinski definition) is 3. The van der Waals surface area contributed by atoms with Crippen LogP contribution < -0.4 is 16.4 Å². The Morgan fingerprint density at radius 1 is 0.857 bits per heavy atom. The van der Waals surface area contributed by atoms with Gasteiger partial charge in [0, 0.05) is 5.69 Å². The Morgan fingerprint density at radius 2 is 1.43 bits per heavy atom. The second-order valence-electron chi connectivity index (χ2n) is 4.86. The fourth-order valence-electron chi connectivity index (χ4n) is 1.80. The maximum Gasteiger partial charge on any atom is 0.314 e. The van der Waals surface area contributed by atoms with Gasteiger partial charge in [0.15, 0.2) is 0 Å². The van der Waals surface area contributed by atoms with E-state index in [2.05, 4.69) is 10.6 Å². The first-order valence-corrected chi connectivity index (χ1v) is 6.51. The van der Waals surface area contributed by atoms with E-state index in [1.165, 1.54) is 0 Å². The zero-order chi connectivity index (χ0) is 15.4. The number of carbonyl (C=O) groups is 2.